The van der Waals surface area contributed by atoms with Gasteiger partial charge in [0, 0.05) is 28.6 Å². The largest absolute Gasteiger partial charge is 0.465 e. The molecule has 0 radical (unpaired) electrons. The number of carbonyl (C=O) groups is 2. The van der Waals surface area contributed by atoms with E-state index >= 15 is 0 Å². The van der Waals surface area contributed by atoms with Crippen molar-refractivity contribution in [2.45, 2.75) is 5.16 Å². The van der Waals surface area contributed by atoms with Gasteiger partial charge in [0.2, 0.25) is 5.91 Å². The molecular formula is C23H19ClN4O3S2. The lowest BCUT2D eigenvalue weighted by Gasteiger charge is -2.08. The lowest BCUT2D eigenvalue weighted by atomic mass is 10.0. The fourth-order valence-electron chi connectivity index (χ4n) is 3.17. The van der Waals surface area contributed by atoms with Crippen LogP contribution in [0.15, 0.2) is 65.1 Å². The van der Waals surface area contributed by atoms with Gasteiger partial charge in [0.05, 0.1) is 12.9 Å². The minimum Gasteiger partial charge on any atom is -0.465 e. The third-order valence-electron chi connectivity index (χ3n) is 4.79. The first-order chi connectivity index (χ1) is 16.0. The quantitative estimate of drug-likeness (QED) is 0.272. The normalized spacial score (nSPS) is 10.8. The maximum absolute atomic E-state index is 12.7. The van der Waals surface area contributed by atoms with Gasteiger partial charge in [0.25, 0.3) is 0 Å². The van der Waals surface area contributed by atoms with Crippen LogP contribution in [0.25, 0.3) is 22.5 Å². The predicted octanol–water partition coefficient (Wildman–Crippen LogP) is 5.38. The fraction of sp³-hybridized carbons (Fsp3) is 0.130. The van der Waals surface area contributed by atoms with Crippen molar-refractivity contribution in [1.29, 1.82) is 0 Å². The van der Waals surface area contributed by atoms with Crippen molar-refractivity contribution < 1.29 is 14.3 Å². The van der Waals surface area contributed by atoms with Gasteiger partial charge in [-0.25, -0.2) is 4.79 Å². The molecule has 0 spiro atoms. The number of amides is 1. The average molecular weight is 499 g/mol. The van der Waals surface area contributed by atoms with E-state index < -0.39 is 5.97 Å². The topological polar surface area (TPSA) is 86.1 Å². The number of hydrogen-bond donors (Lipinski definition) is 1. The van der Waals surface area contributed by atoms with Gasteiger partial charge in [-0.05, 0) is 29.8 Å². The van der Waals surface area contributed by atoms with E-state index in [9.17, 15) is 9.59 Å². The highest BCUT2D eigenvalue weighted by Crippen LogP contribution is 2.36. The number of carbonyl (C=O) groups excluding carboxylic acids is 2. The third kappa shape index (κ3) is 5.11. The standard InChI is InChI=1S/C23H19ClN4O3S2/c1-28-20(15-8-10-16(24)11-9-15)26-27-23(28)33-13-18(29)25-21-19(22(30)31-2)17(12-32-21)14-6-4-3-5-7-14/h3-12H,13H2,1-2H3,(H,25,29). The van der Waals surface area contributed by atoms with Crippen LogP contribution < -0.4 is 5.32 Å². The summed E-state index contributed by atoms with van der Waals surface area (Å²) >= 11 is 8.49. The number of esters is 1. The number of methoxy groups -OCH3 is 1. The zero-order valence-electron chi connectivity index (χ0n) is 17.7. The Hall–Kier alpha value is -3.14. The minimum atomic E-state index is -0.501. The first-order valence-electron chi connectivity index (χ1n) is 9.81. The molecule has 0 aliphatic carbocycles. The van der Waals surface area contributed by atoms with E-state index in [-0.39, 0.29) is 11.7 Å². The number of thiophene rings is 1. The molecule has 0 atom stereocenters. The number of benzene rings is 2. The lowest BCUT2D eigenvalue weighted by molar-refractivity contribution is -0.113. The third-order valence-corrected chi connectivity index (χ3v) is 6.96. The molecule has 1 amide bonds. The maximum Gasteiger partial charge on any atom is 0.341 e. The van der Waals surface area contributed by atoms with Gasteiger partial charge in [-0.1, -0.05) is 53.7 Å². The van der Waals surface area contributed by atoms with Crippen molar-refractivity contribution >= 4 is 51.6 Å². The van der Waals surface area contributed by atoms with Crippen molar-refractivity contribution in [2.75, 3.05) is 18.2 Å². The van der Waals surface area contributed by atoms with E-state index in [2.05, 4.69) is 15.5 Å². The van der Waals surface area contributed by atoms with Crippen LogP contribution in [-0.2, 0) is 16.6 Å². The van der Waals surface area contributed by atoms with E-state index in [4.69, 9.17) is 16.3 Å². The molecule has 0 fully saturated rings. The molecule has 0 saturated heterocycles. The van der Waals surface area contributed by atoms with Gasteiger partial charge in [0.15, 0.2) is 11.0 Å². The number of aromatic nitrogens is 3. The Kier molecular flexibility index (Phi) is 7.12. The molecule has 2 heterocycles. The Morgan fingerprint density at radius 3 is 2.52 bits per heavy atom. The highest BCUT2D eigenvalue weighted by atomic mass is 35.5. The number of thioether (sulfide) groups is 1. The average Bonchev–Trinajstić information content (AvgIpc) is 3.41. The van der Waals surface area contributed by atoms with Crippen molar-refractivity contribution in [3.05, 3.63) is 70.6 Å². The monoisotopic (exact) mass is 498 g/mol. The van der Waals surface area contributed by atoms with E-state index in [1.54, 1.807) is 12.1 Å². The van der Waals surface area contributed by atoms with Gasteiger partial charge in [-0.3, -0.25) is 4.79 Å². The van der Waals surface area contributed by atoms with Gasteiger partial charge in [-0.15, -0.1) is 21.5 Å². The molecule has 0 saturated carbocycles. The fourth-order valence-corrected chi connectivity index (χ4v) is 4.98. The van der Waals surface area contributed by atoms with E-state index in [0.717, 1.165) is 16.7 Å². The molecule has 4 rings (SSSR count). The Labute approximate surface area is 203 Å². The van der Waals surface area contributed by atoms with Crippen LogP contribution >= 0.6 is 34.7 Å². The molecule has 2 aromatic heterocycles. The SMILES string of the molecule is COC(=O)c1c(-c2ccccc2)csc1NC(=O)CSc1nnc(-c2ccc(Cl)cc2)n1C. The summed E-state index contributed by atoms with van der Waals surface area (Å²) < 4.78 is 6.78. The van der Waals surface area contributed by atoms with E-state index in [1.807, 2.05) is 59.5 Å². The number of ether oxygens (including phenoxy) is 1. The van der Waals surface area contributed by atoms with Crippen molar-refractivity contribution in [3.8, 4) is 22.5 Å². The number of anilines is 1. The molecule has 2 aromatic carbocycles. The van der Waals surface area contributed by atoms with E-state index in [0.29, 0.717) is 26.6 Å². The molecular weight excluding hydrogens is 480 g/mol. The van der Waals surface area contributed by atoms with Gasteiger partial charge >= 0.3 is 5.97 Å². The maximum atomic E-state index is 12.7. The summed E-state index contributed by atoms with van der Waals surface area (Å²) in [5.74, 6) is 0.0149. The van der Waals surface area contributed by atoms with Crippen LogP contribution in [0.3, 0.4) is 0 Å². The molecule has 1 N–H and O–H groups in total. The molecule has 10 heteroatoms. The zero-order valence-corrected chi connectivity index (χ0v) is 20.1. The van der Waals surface area contributed by atoms with Gasteiger partial charge in [0.1, 0.15) is 10.6 Å². The number of nitrogens with one attached hydrogen (secondary N) is 1. The van der Waals surface area contributed by atoms with Crippen LogP contribution in [0.2, 0.25) is 5.02 Å². The van der Waals surface area contributed by atoms with Crippen molar-refractivity contribution in [3.63, 3.8) is 0 Å². The van der Waals surface area contributed by atoms with Crippen LogP contribution in [-0.4, -0.2) is 39.5 Å². The summed E-state index contributed by atoms with van der Waals surface area (Å²) in [4.78, 5) is 25.1. The molecule has 0 bridgehead atoms. The Morgan fingerprint density at radius 1 is 1.09 bits per heavy atom. The van der Waals surface area contributed by atoms with E-state index in [1.165, 1.54) is 30.2 Å². The Balaban J connectivity index is 1.47. The van der Waals surface area contributed by atoms with Crippen LogP contribution in [0.4, 0.5) is 5.00 Å². The Bertz CT molecular complexity index is 1290. The molecule has 0 aliphatic heterocycles. The number of hydrogen-bond acceptors (Lipinski definition) is 7. The van der Waals surface area contributed by atoms with Crippen molar-refractivity contribution in [2.24, 2.45) is 7.05 Å². The summed E-state index contributed by atoms with van der Waals surface area (Å²) in [6.45, 7) is 0. The van der Waals surface area contributed by atoms with Crippen LogP contribution in [0.5, 0.6) is 0 Å². The summed E-state index contributed by atoms with van der Waals surface area (Å²) in [5, 5.41) is 14.8. The number of halogens is 1. The van der Waals surface area contributed by atoms with Crippen LogP contribution in [0, 0.1) is 0 Å². The molecule has 7 nitrogen and oxygen atoms in total. The second-order valence-electron chi connectivity index (χ2n) is 6.92. The van der Waals surface area contributed by atoms with Gasteiger partial charge in [-0.2, -0.15) is 0 Å². The van der Waals surface area contributed by atoms with Crippen LogP contribution in [0.1, 0.15) is 10.4 Å². The predicted molar refractivity (Wildman–Crippen MR) is 132 cm³/mol. The molecule has 0 unspecified atom stereocenters. The molecule has 0 aliphatic rings. The smallest absolute Gasteiger partial charge is 0.341 e. The van der Waals surface area contributed by atoms with Crippen molar-refractivity contribution in [1.82, 2.24) is 14.8 Å². The Morgan fingerprint density at radius 2 is 1.82 bits per heavy atom. The molecule has 33 heavy (non-hydrogen) atoms. The first-order valence-corrected chi connectivity index (χ1v) is 12.1. The second-order valence-corrected chi connectivity index (χ2v) is 9.18. The summed E-state index contributed by atoms with van der Waals surface area (Å²) in [6.07, 6.45) is 0. The zero-order chi connectivity index (χ0) is 23.4. The summed E-state index contributed by atoms with van der Waals surface area (Å²) in [5.41, 5.74) is 2.81. The molecule has 168 valence electrons. The highest BCUT2D eigenvalue weighted by Gasteiger charge is 2.22. The lowest BCUT2D eigenvalue weighted by Crippen LogP contribution is -2.16. The summed E-state index contributed by atoms with van der Waals surface area (Å²) in [7, 11) is 3.16. The highest BCUT2D eigenvalue weighted by molar-refractivity contribution is 7.99. The summed E-state index contributed by atoms with van der Waals surface area (Å²) in [6, 6.07) is 16.8. The first kappa shape index (κ1) is 23.0. The number of rotatable bonds is 7. The molecule has 4 aromatic rings. The van der Waals surface area contributed by atoms with Gasteiger partial charge < -0.3 is 14.6 Å². The minimum absolute atomic E-state index is 0.103. The second kappa shape index (κ2) is 10.2. The number of nitrogens with zero attached hydrogens (tertiary/aromatic N) is 3.